The highest BCUT2D eigenvalue weighted by Gasteiger charge is 2.45. The van der Waals surface area contributed by atoms with Crippen molar-refractivity contribution in [3.8, 4) is 0 Å². The SMILES string of the molecule is [B]C(NC(=O)C(F)(F)c1ccc(Cl)cc1)c1ccc2c(c1)CN(C1C(=O)NC(=O)C([B])C1[B])C2=O. The van der Waals surface area contributed by atoms with E-state index in [0.29, 0.717) is 5.56 Å². The summed E-state index contributed by atoms with van der Waals surface area (Å²) in [5.74, 6) is -11.1. The quantitative estimate of drug-likeness (QED) is 0.487. The van der Waals surface area contributed by atoms with E-state index in [9.17, 15) is 28.0 Å². The van der Waals surface area contributed by atoms with Crippen LogP contribution in [-0.2, 0) is 26.9 Å². The second-order valence-electron chi connectivity index (χ2n) is 8.28. The topological polar surface area (TPSA) is 95.6 Å². The molecular formula is C22H15B3ClF2N3O4. The predicted octanol–water partition coefficient (Wildman–Crippen LogP) is 1.31. The molecule has 1 fully saturated rings. The third kappa shape index (κ3) is 4.47. The zero-order valence-electron chi connectivity index (χ0n) is 18.0. The lowest BCUT2D eigenvalue weighted by molar-refractivity contribution is -0.147. The van der Waals surface area contributed by atoms with Crippen molar-refractivity contribution >= 4 is 58.8 Å². The van der Waals surface area contributed by atoms with Crippen molar-refractivity contribution in [2.45, 2.75) is 36.1 Å². The van der Waals surface area contributed by atoms with E-state index in [1.807, 2.05) is 0 Å². The van der Waals surface area contributed by atoms with Gasteiger partial charge in [0.05, 0.1) is 15.7 Å². The Labute approximate surface area is 208 Å². The largest absolute Gasteiger partial charge is 0.352 e. The third-order valence-electron chi connectivity index (χ3n) is 6.03. The Kier molecular flexibility index (Phi) is 6.53. The number of nitrogens with zero attached hydrogens (tertiary/aromatic N) is 1. The minimum absolute atomic E-state index is 0.0592. The Morgan fingerprint density at radius 3 is 2.43 bits per heavy atom. The van der Waals surface area contributed by atoms with Gasteiger partial charge in [-0.2, -0.15) is 8.78 Å². The summed E-state index contributed by atoms with van der Waals surface area (Å²) < 4.78 is 29.1. The Balaban J connectivity index is 1.51. The molecule has 2 aliphatic heterocycles. The molecule has 4 rings (SSSR count). The molecule has 2 aliphatic rings. The molecule has 0 saturated carbocycles. The van der Waals surface area contributed by atoms with Crippen molar-refractivity contribution in [1.82, 2.24) is 15.5 Å². The molecule has 4 atom stereocenters. The van der Waals surface area contributed by atoms with Crippen LogP contribution >= 0.6 is 11.6 Å². The molecule has 0 bridgehead atoms. The normalized spacial score (nSPS) is 23.0. The van der Waals surface area contributed by atoms with E-state index < -0.39 is 58.7 Å². The van der Waals surface area contributed by atoms with Crippen molar-refractivity contribution in [2.75, 3.05) is 0 Å². The molecule has 2 aromatic carbocycles. The molecule has 35 heavy (non-hydrogen) atoms. The highest BCUT2D eigenvalue weighted by Crippen LogP contribution is 2.36. The van der Waals surface area contributed by atoms with E-state index >= 15 is 0 Å². The summed E-state index contributed by atoms with van der Waals surface area (Å²) in [5, 5.41) is 4.40. The number of imide groups is 1. The van der Waals surface area contributed by atoms with Crippen LogP contribution in [0.15, 0.2) is 42.5 Å². The number of alkyl halides is 2. The number of nitrogens with one attached hydrogen (secondary N) is 2. The van der Waals surface area contributed by atoms with Gasteiger partial charge >= 0.3 is 5.92 Å². The van der Waals surface area contributed by atoms with E-state index in [-0.39, 0.29) is 22.7 Å². The number of hydrogen-bond donors (Lipinski definition) is 2. The molecule has 0 aliphatic carbocycles. The first-order chi connectivity index (χ1) is 16.4. The number of benzene rings is 2. The molecule has 13 heteroatoms. The zero-order valence-corrected chi connectivity index (χ0v) is 18.8. The van der Waals surface area contributed by atoms with Gasteiger partial charge in [-0.15, -0.1) is 0 Å². The first-order valence-corrected chi connectivity index (χ1v) is 10.8. The zero-order chi connectivity index (χ0) is 25.7. The molecule has 7 nitrogen and oxygen atoms in total. The van der Waals surface area contributed by atoms with E-state index in [0.717, 1.165) is 12.1 Å². The fraction of sp³-hybridized carbons (Fsp3) is 0.273. The van der Waals surface area contributed by atoms with Crippen molar-refractivity contribution in [3.05, 3.63) is 69.7 Å². The summed E-state index contributed by atoms with van der Waals surface area (Å²) in [5.41, 5.74) is 0.375. The highest BCUT2D eigenvalue weighted by molar-refractivity contribution is 6.34. The molecule has 6 radical (unpaired) electrons. The van der Waals surface area contributed by atoms with Gasteiger partial charge in [0.15, 0.2) is 0 Å². The van der Waals surface area contributed by atoms with E-state index in [4.69, 9.17) is 35.1 Å². The van der Waals surface area contributed by atoms with E-state index in [1.165, 1.54) is 35.2 Å². The van der Waals surface area contributed by atoms with Crippen LogP contribution in [-0.4, -0.2) is 58.1 Å². The summed E-state index contributed by atoms with van der Waals surface area (Å²) >= 11 is 5.71. The number of amides is 4. The number of halogens is 3. The third-order valence-corrected chi connectivity index (χ3v) is 6.28. The summed E-state index contributed by atoms with van der Waals surface area (Å²) in [6, 6.07) is 7.65. The van der Waals surface area contributed by atoms with Gasteiger partial charge in [0.2, 0.25) is 11.8 Å². The Hall–Kier alpha value is -3.14. The standard InChI is InChI=1S/C22H15B3ClF2N3O4/c23-14-15(24)18(32)30-19(33)16(14)31-8-10-7-9(1-6-13(10)20(31)34)17(25)29-21(35)22(27,28)11-2-4-12(26)5-3-11/h1-7,14-17H,8H2,(H,29,35)(H,30,32,33). The molecular weight excluding hydrogens is 476 g/mol. The van der Waals surface area contributed by atoms with Crippen molar-refractivity contribution in [2.24, 2.45) is 0 Å². The van der Waals surface area contributed by atoms with Gasteiger partial charge in [-0.05, 0) is 41.0 Å². The van der Waals surface area contributed by atoms with Crippen LogP contribution in [0.5, 0.6) is 0 Å². The van der Waals surface area contributed by atoms with Crippen LogP contribution in [0.2, 0.25) is 16.7 Å². The van der Waals surface area contributed by atoms with Crippen LogP contribution in [0.25, 0.3) is 0 Å². The highest BCUT2D eigenvalue weighted by atomic mass is 35.5. The van der Waals surface area contributed by atoms with Gasteiger partial charge in [0.25, 0.3) is 11.8 Å². The summed E-state index contributed by atoms with van der Waals surface area (Å²) in [6.07, 6.45) is 0. The maximum absolute atomic E-state index is 14.6. The van der Waals surface area contributed by atoms with Crippen LogP contribution in [0.1, 0.15) is 33.0 Å². The molecule has 2 N–H and O–H groups in total. The van der Waals surface area contributed by atoms with Crippen molar-refractivity contribution in [1.29, 1.82) is 0 Å². The molecule has 4 unspecified atom stereocenters. The van der Waals surface area contributed by atoms with Crippen molar-refractivity contribution < 1.29 is 28.0 Å². The number of carbonyl (C=O) groups is 4. The van der Waals surface area contributed by atoms with Crippen LogP contribution in [0.4, 0.5) is 8.78 Å². The van der Waals surface area contributed by atoms with Gasteiger partial charge in [-0.1, -0.05) is 35.9 Å². The van der Waals surface area contributed by atoms with Crippen molar-refractivity contribution in [3.63, 3.8) is 0 Å². The van der Waals surface area contributed by atoms with Gasteiger partial charge in [0, 0.05) is 28.6 Å². The molecule has 0 aromatic heterocycles. The first-order valence-electron chi connectivity index (χ1n) is 10.4. The smallest absolute Gasteiger partial charge is 0.349 e. The second kappa shape index (κ2) is 9.15. The lowest BCUT2D eigenvalue weighted by Gasteiger charge is -2.38. The number of hydrogen-bond acceptors (Lipinski definition) is 4. The average Bonchev–Trinajstić information content (AvgIpc) is 3.13. The lowest BCUT2D eigenvalue weighted by Crippen LogP contribution is -2.57. The number of rotatable bonds is 5. The predicted molar refractivity (Wildman–Crippen MR) is 124 cm³/mol. The second-order valence-corrected chi connectivity index (χ2v) is 8.72. The number of fused-ring (bicyclic) bond motifs is 1. The molecule has 2 heterocycles. The monoisotopic (exact) mass is 491 g/mol. The molecule has 0 spiro atoms. The summed E-state index contributed by atoms with van der Waals surface area (Å²) in [4.78, 5) is 50.4. The molecule has 172 valence electrons. The molecule has 2 aromatic rings. The maximum atomic E-state index is 14.6. The van der Waals surface area contributed by atoms with E-state index in [2.05, 4.69) is 10.6 Å². The fourth-order valence-corrected chi connectivity index (χ4v) is 4.19. The lowest BCUT2D eigenvalue weighted by atomic mass is 9.60. The van der Waals surface area contributed by atoms with Crippen LogP contribution in [0.3, 0.4) is 0 Å². The average molecular weight is 491 g/mol. The number of carbonyl (C=O) groups excluding carboxylic acids is 4. The van der Waals surface area contributed by atoms with Gasteiger partial charge in [0.1, 0.15) is 13.9 Å². The maximum Gasteiger partial charge on any atom is 0.349 e. The Morgan fingerprint density at radius 1 is 1.11 bits per heavy atom. The minimum Gasteiger partial charge on any atom is -0.352 e. The van der Waals surface area contributed by atoms with E-state index in [1.54, 1.807) is 0 Å². The van der Waals surface area contributed by atoms with Crippen LogP contribution < -0.4 is 10.6 Å². The van der Waals surface area contributed by atoms with Gasteiger partial charge < -0.3 is 10.2 Å². The summed E-state index contributed by atoms with van der Waals surface area (Å²) in [7, 11) is 17.7. The Morgan fingerprint density at radius 2 is 1.77 bits per heavy atom. The minimum atomic E-state index is -3.87. The Bertz CT molecular complexity index is 1230. The van der Waals surface area contributed by atoms with Crippen LogP contribution in [0, 0.1) is 0 Å². The molecule has 4 amide bonds. The van der Waals surface area contributed by atoms with Gasteiger partial charge in [-0.3, -0.25) is 24.5 Å². The first kappa shape index (κ1) is 25.0. The van der Waals surface area contributed by atoms with Gasteiger partial charge in [-0.25, -0.2) is 0 Å². The summed E-state index contributed by atoms with van der Waals surface area (Å²) in [6.45, 7) is -0.0592. The fourth-order valence-electron chi connectivity index (χ4n) is 4.06. The number of piperidine rings is 1. The molecule has 1 saturated heterocycles.